The first kappa shape index (κ1) is 24.5. The molecule has 0 spiro atoms. The van der Waals surface area contributed by atoms with E-state index in [0.29, 0.717) is 44.9 Å². The van der Waals surface area contributed by atoms with Crippen molar-refractivity contribution in [2.75, 3.05) is 58.5 Å². The third-order valence-electron chi connectivity index (χ3n) is 6.56. The van der Waals surface area contributed by atoms with Gasteiger partial charge >= 0.3 is 0 Å². The number of piperidine rings is 1. The standard InChI is InChI=1S/C25H33N3O5S/c1-26(18-20-6-3-4-8-24(20)27-14-16-33-17-15-27)25(29)21-7-5-13-28(19-21)34(30,31)23-11-9-22(32-2)10-12-23/h3-4,6,8-12,21H,5,7,13-19H2,1-2H3/t21-/m1/s1. The number of sulfonamides is 1. The number of hydrogen-bond acceptors (Lipinski definition) is 6. The highest BCUT2D eigenvalue weighted by molar-refractivity contribution is 7.89. The van der Waals surface area contributed by atoms with Crippen molar-refractivity contribution < 1.29 is 22.7 Å². The van der Waals surface area contributed by atoms with Gasteiger partial charge in [-0.05, 0) is 48.7 Å². The van der Waals surface area contributed by atoms with E-state index < -0.39 is 10.0 Å². The summed E-state index contributed by atoms with van der Waals surface area (Å²) in [6.45, 7) is 4.15. The van der Waals surface area contributed by atoms with Crippen molar-refractivity contribution >= 4 is 21.6 Å². The smallest absolute Gasteiger partial charge is 0.243 e. The fraction of sp³-hybridized carbons (Fsp3) is 0.480. The van der Waals surface area contributed by atoms with Crippen LogP contribution in [0.5, 0.6) is 5.75 Å². The molecule has 34 heavy (non-hydrogen) atoms. The highest BCUT2D eigenvalue weighted by Gasteiger charge is 2.34. The molecular weight excluding hydrogens is 454 g/mol. The average Bonchev–Trinajstić information content (AvgIpc) is 2.89. The van der Waals surface area contributed by atoms with Gasteiger partial charge in [0.2, 0.25) is 15.9 Å². The van der Waals surface area contributed by atoms with Gasteiger partial charge in [0, 0.05) is 45.5 Å². The Morgan fingerprint density at radius 1 is 1.09 bits per heavy atom. The van der Waals surface area contributed by atoms with Gasteiger partial charge in [0.15, 0.2) is 0 Å². The van der Waals surface area contributed by atoms with Gasteiger partial charge in [-0.3, -0.25) is 4.79 Å². The number of para-hydroxylation sites is 1. The number of carbonyl (C=O) groups excluding carboxylic acids is 1. The molecule has 2 heterocycles. The molecule has 1 atom stereocenters. The largest absolute Gasteiger partial charge is 0.497 e. The van der Waals surface area contributed by atoms with Gasteiger partial charge in [-0.1, -0.05) is 18.2 Å². The Balaban J connectivity index is 1.44. The highest BCUT2D eigenvalue weighted by Crippen LogP contribution is 2.28. The van der Waals surface area contributed by atoms with E-state index in [9.17, 15) is 13.2 Å². The molecule has 2 aromatic carbocycles. The van der Waals surface area contributed by atoms with E-state index in [0.717, 1.165) is 24.3 Å². The molecule has 0 saturated carbocycles. The van der Waals surface area contributed by atoms with Crippen LogP contribution in [0.15, 0.2) is 53.4 Å². The number of amides is 1. The Labute approximate surface area is 202 Å². The number of carbonyl (C=O) groups is 1. The lowest BCUT2D eigenvalue weighted by Gasteiger charge is -2.34. The summed E-state index contributed by atoms with van der Waals surface area (Å²) in [5.74, 6) is 0.221. The van der Waals surface area contributed by atoms with Gasteiger partial charge in [0.25, 0.3) is 0 Å². The molecule has 0 unspecified atom stereocenters. The second-order valence-electron chi connectivity index (χ2n) is 8.80. The molecule has 8 nitrogen and oxygen atoms in total. The number of morpholine rings is 1. The number of anilines is 1. The van der Waals surface area contributed by atoms with E-state index in [1.54, 1.807) is 43.3 Å². The molecule has 4 rings (SSSR count). The molecule has 2 aliphatic rings. The van der Waals surface area contributed by atoms with Crippen LogP contribution in [-0.4, -0.2) is 77.1 Å². The Bertz CT molecular complexity index is 1080. The van der Waals surface area contributed by atoms with Crippen molar-refractivity contribution in [1.82, 2.24) is 9.21 Å². The molecule has 9 heteroatoms. The summed E-state index contributed by atoms with van der Waals surface area (Å²) in [5, 5.41) is 0. The van der Waals surface area contributed by atoms with Gasteiger partial charge < -0.3 is 19.3 Å². The maximum Gasteiger partial charge on any atom is 0.243 e. The maximum atomic E-state index is 13.3. The van der Waals surface area contributed by atoms with Gasteiger partial charge in [0.1, 0.15) is 5.75 Å². The van der Waals surface area contributed by atoms with Gasteiger partial charge in [-0.2, -0.15) is 4.31 Å². The minimum Gasteiger partial charge on any atom is -0.497 e. The Kier molecular flexibility index (Phi) is 7.75. The topological polar surface area (TPSA) is 79.4 Å². The predicted molar refractivity (Wildman–Crippen MR) is 130 cm³/mol. The molecule has 184 valence electrons. The number of benzene rings is 2. The zero-order valence-electron chi connectivity index (χ0n) is 19.9. The third-order valence-corrected chi connectivity index (χ3v) is 8.44. The number of nitrogens with zero attached hydrogens (tertiary/aromatic N) is 3. The van der Waals surface area contributed by atoms with Crippen LogP contribution in [-0.2, 0) is 26.1 Å². The van der Waals surface area contributed by atoms with Crippen LogP contribution in [0.1, 0.15) is 18.4 Å². The molecule has 1 amide bonds. The fourth-order valence-electron chi connectivity index (χ4n) is 4.66. The summed E-state index contributed by atoms with van der Waals surface area (Å²) in [6, 6.07) is 14.5. The molecule has 2 aliphatic heterocycles. The lowest BCUT2D eigenvalue weighted by molar-refractivity contribution is -0.135. The van der Waals surface area contributed by atoms with E-state index in [1.807, 2.05) is 12.1 Å². The van der Waals surface area contributed by atoms with Crippen molar-refractivity contribution in [3.05, 3.63) is 54.1 Å². The number of rotatable bonds is 7. The first-order valence-electron chi connectivity index (χ1n) is 11.7. The molecule has 2 saturated heterocycles. The lowest BCUT2D eigenvalue weighted by atomic mass is 9.98. The minimum atomic E-state index is -3.67. The Hall–Kier alpha value is -2.62. The van der Waals surface area contributed by atoms with Crippen LogP contribution in [0.2, 0.25) is 0 Å². The van der Waals surface area contributed by atoms with Crippen LogP contribution in [0.3, 0.4) is 0 Å². The van der Waals surface area contributed by atoms with Crippen molar-refractivity contribution in [1.29, 1.82) is 0 Å². The molecule has 0 aliphatic carbocycles. The van der Waals surface area contributed by atoms with E-state index in [4.69, 9.17) is 9.47 Å². The summed E-state index contributed by atoms with van der Waals surface area (Å²) in [5.41, 5.74) is 2.21. The van der Waals surface area contributed by atoms with Gasteiger partial charge in [-0.15, -0.1) is 0 Å². The van der Waals surface area contributed by atoms with Crippen LogP contribution >= 0.6 is 0 Å². The minimum absolute atomic E-state index is 0.0218. The first-order valence-corrected chi connectivity index (χ1v) is 13.1. The van der Waals surface area contributed by atoms with Crippen LogP contribution in [0, 0.1) is 5.92 Å². The molecular formula is C25H33N3O5S. The molecule has 0 bridgehead atoms. The Morgan fingerprint density at radius 2 is 1.79 bits per heavy atom. The normalized spacial score (nSPS) is 19.6. The molecule has 2 aromatic rings. The van der Waals surface area contributed by atoms with E-state index in [1.165, 1.54) is 4.31 Å². The fourth-order valence-corrected chi connectivity index (χ4v) is 6.19. The number of ether oxygens (including phenoxy) is 2. The monoisotopic (exact) mass is 487 g/mol. The zero-order chi connectivity index (χ0) is 24.1. The summed E-state index contributed by atoms with van der Waals surface area (Å²) in [7, 11) is -0.328. The molecule has 0 N–H and O–H groups in total. The van der Waals surface area contributed by atoms with Crippen LogP contribution in [0.4, 0.5) is 5.69 Å². The van der Waals surface area contributed by atoms with Crippen molar-refractivity contribution in [2.24, 2.45) is 5.92 Å². The summed E-state index contributed by atoms with van der Waals surface area (Å²) >= 11 is 0. The lowest BCUT2D eigenvalue weighted by Crippen LogP contribution is -2.45. The second-order valence-corrected chi connectivity index (χ2v) is 10.7. The van der Waals surface area contributed by atoms with Crippen molar-refractivity contribution in [2.45, 2.75) is 24.3 Å². The van der Waals surface area contributed by atoms with Crippen molar-refractivity contribution in [3.63, 3.8) is 0 Å². The van der Waals surface area contributed by atoms with Gasteiger partial charge in [0.05, 0.1) is 31.1 Å². The number of methoxy groups -OCH3 is 1. The summed E-state index contributed by atoms with van der Waals surface area (Å²) < 4.78 is 38.4. The molecule has 0 aromatic heterocycles. The molecule has 2 fully saturated rings. The van der Waals surface area contributed by atoms with Gasteiger partial charge in [-0.25, -0.2) is 8.42 Å². The maximum absolute atomic E-state index is 13.3. The number of hydrogen-bond donors (Lipinski definition) is 0. The summed E-state index contributed by atoms with van der Waals surface area (Å²) in [6.07, 6.45) is 1.34. The van der Waals surface area contributed by atoms with E-state index in [2.05, 4.69) is 17.0 Å². The SMILES string of the molecule is COc1ccc(S(=O)(=O)N2CCC[C@@H](C(=O)N(C)Cc3ccccc3N3CCOCC3)C2)cc1. The predicted octanol–water partition coefficient (Wildman–Crippen LogP) is 2.59. The van der Waals surface area contributed by atoms with Crippen LogP contribution < -0.4 is 9.64 Å². The quantitative estimate of drug-likeness (QED) is 0.597. The third kappa shape index (κ3) is 5.37. The second kappa shape index (κ2) is 10.8. The average molecular weight is 488 g/mol. The van der Waals surface area contributed by atoms with E-state index in [-0.39, 0.29) is 23.3 Å². The zero-order valence-corrected chi connectivity index (χ0v) is 20.7. The van der Waals surface area contributed by atoms with E-state index >= 15 is 0 Å². The first-order chi connectivity index (χ1) is 16.4. The summed E-state index contributed by atoms with van der Waals surface area (Å²) in [4.78, 5) is 17.6. The van der Waals surface area contributed by atoms with Crippen molar-refractivity contribution in [3.8, 4) is 5.75 Å². The Morgan fingerprint density at radius 3 is 2.50 bits per heavy atom. The molecule has 0 radical (unpaired) electrons. The highest BCUT2D eigenvalue weighted by atomic mass is 32.2. The van der Waals surface area contributed by atoms with Crippen LogP contribution in [0.25, 0.3) is 0 Å².